The number of nitrogens with zero attached hydrogens (tertiary/aromatic N) is 2. The van der Waals surface area contributed by atoms with Crippen LogP contribution >= 0.6 is 37.2 Å². The van der Waals surface area contributed by atoms with Gasteiger partial charge in [-0.1, -0.05) is 18.2 Å². The zero-order chi connectivity index (χ0) is 17.9. The molecular formula is C18H32Cl3N5O2. The molecule has 0 radical (unpaired) electrons. The van der Waals surface area contributed by atoms with Crippen molar-refractivity contribution in [3.8, 4) is 0 Å². The van der Waals surface area contributed by atoms with Gasteiger partial charge >= 0.3 is 0 Å². The summed E-state index contributed by atoms with van der Waals surface area (Å²) in [6, 6.07) is 10.5. The highest BCUT2D eigenvalue weighted by molar-refractivity contribution is 5.86. The van der Waals surface area contributed by atoms with Crippen molar-refractivity contribution >= 4 is 54.7 Å². The lowest BCUT2D eigenvalue weighted by atomic mass is 10.2. The molecule has 2 amide bonds. The van der Waals surface area contributed by atoms with E-state index in [9.17, 15) is 9.59 Å². The Balaban J connectivity index is 0. The van der Waals surface area contributed by atoms with Crippen molar-refractivity contribution in [1.29, 1.82) is 0 Å². The SMILES string of the molecule is Cl.Cl.Cl.NCC(=O)NCC(=O)NCCCCN1CCN(c2ccccc2)CC1. The van der Waals surface area contributed by atoms with E-state index in [-0.39, 0.29) is 62.1 Å². The predicted molar refractivity (Wildman–Crippen MR) is 121 cm³/mol. The number of rotatable bonds is 9. The molecule has 0 aliphatic carbocycles. The average Bonchev–Trinajstić information content (AvgIpc) is 2.67. The number of hydrogen-bond acceptors (Lipinski definition) is 5. The van der Waals surface area contributed by atoms with Crippen molar-refractivity contribution in [3.63, 3.8) is 0 Å². The lowest BCUT2D eigenvalue weighted by molar-refractivity contribution is -0.125. The molecule has 2 rings (SSSR count). The topological polar surface area (TPSA) is 90.7 Å². The van der Waals surface area contributed by atoms with Gasteiger partial charge in [0.25, 0.3) is 0 Å². The van der Waals surface area contributed by atoms with Crippen LogP contribution in [0.4, 0.5) is 5.69 Å². The Morgan fingerprint density at radius 2 is 1.54 bits per heavy atom. The quantitative estimate of drug-likeness (QED) is 0.483. The molecule has 0 atom stereocenters. The minimum atomic E-state index is -0.315. The third-order valence-corrected chi connectivity index (χ3v) is 4.35. The first kappa shape index (κ1) is 29.0. The third kappa shape index (κ3) is 10.9. The summed E-state index contributed by atoms with van der Waals surface area (Å²) >= 11 is 0. The fourth-order valence-electron chi connectivity index (χ4n) is 2.87. The van der Waals surface area contributed by atoms with E-state index in [2.05, 4.69) is 44.7 Å². The molecule has 0 bridgehead atoms. The van der Waals surface area contributed by atoms with E-state index in [1.807, 2.05) is 6.07 Å². The Morgan fingerprint density at radius 1 is 0.893 bits per heavy atom. The molecule has 0 aromatic heterocycles. The number of para-hydroxylation sites is 1. The second kappa shape index (κ2) is 16.7. The monoisotopic (exact) mass is 455 g/mol. The Bertz CT molecular complexity index is 543. The lowest BCUT2D eigenvalue weighted by Gasteiger charge is -2.36. The molecule has 28 heavy (non-hydrogen) atoms. The maximum absolute atomic E-state index is 11.5. The highest BCUT2D eigenvalue weighted by Gasteiger charge is 2.16. The van der Waals surface area contributed by atoms with Gasteiger partial charge in [0.15, 0.2) is 0 Å². The van der Waals surface area contributed by atoms with E-state index < -0.39 is 0 Å². The van der Waals surface area contributed by atoms with Crippen LogP contribution in [0.3, 0.4) is 0 Å². The summed E-state index contributed by atoms with van der Waals surface area (Å²) < 4.78 is 0. The zero-order valence-corrected chi connectivity index (χ0v) is 18.4. The summed E-state index contributed by atoms with van der Waals surface area (Å²) in [6.07, 6.45) is 2.00. The predicted octanol–water partition coefficient (Wildman–Crippen LogP) is 1.05. The Hall–Kier alpha value is -1.25. The summed E-state index contributed by atoms with van der Waals surface area (Å²) in [5, 5.41) is 5.26. The first-order valence-electron chi connectivity index (χ1n) is 8.95. The molecule has 10 heteroatoms. The molecule has 1 saturated heterocycles. The molecule has 0 unspecified atom stereocenters. The summed E-state index contributed by atoms with van der Waals surface area (Å²) in [5.74, 6) is -0.483. The minimum absolute atomic E-state index is 0. The maximum atomic E-state index is 11.5. The van der Waals surface area contributed by atoms with Crippen molar-refractivity contribution in [2.45, 2.75) is 12.8 Å². The summed E-state index contributed by atoms with van der Waals surface area (Å²) in [7, 11) is 0. The highest BCUT2D eigenvalue weighted by Crippen LogP contribution is 2.15. The van der Waals surface area contributed by atoms with E-state index in [1.165, 1.54) is 5.69 Å². The second-order valence-corrected chi connectivity index (χ2v) is 6.20. The van der Waals surface area contributed by atoms with Gasteiger partial charge in [-0.25, -0.2) is 0 Å². The number of carbonyl (C=O) groups is 2. The fourth-order valence-corrected chi connectivity index (χ4v) is 2.87. The Morgan fingerprint density at radius 3 is 2.14 bits per heavy atom. The van der Waals surface area contributed by atoms with Crippen LogP contribution in [0.2, 0.25) is 0 Å². The first-order valence-corrected chi connectivity index (χ1v) is 8.95. The molecule has 162 valence electrons. The normalized spacial score (nSPS) is 13.4. The number of piperazine rings is 1. The van der Waals surface area contributed by atoms with Crippen LogP contribution in [-0.2, 0) is 9.59 Å². The van der Waals surface area contributed by atoms with Crippen molar-refractivity contribution in [2.75, 3.05) is 57.3 Å². The number of anilines is 1. The van der Waals surface area contributed by atoms with Gasteiger partial charge in [0.05, 0.1) is 13.1 Å². The van der Waals surface area contributed by atoms with Crippen LogP contribution in [0.5, 0.6) is 0 Å². The molecule has 7 nitrogen and oxygen atoms in total. The number of nitrogens with one attached hydrogen (secondary N) is 2. The van der Waals surface area contributed by atoms with Gasteiger partial charge < -0.3 is 21.3 Å². The smallest absolute Gasteiger partial charge is 0.239 e. The standard InChI is InChI=1S/C18H29N5O2.3ClH/c19-14-17(24)21-15-18(25)20-8-4-5-9-22-10-12-23(13-11-22)16-6-2-1-3-7-16;;;/h1-3,6-7H,4-5,8-15,19H2,(H,20,25)(H,21,24);3*1H. The number of carbonyl (C=O) groups excluding carboxylic acids is 2. The number of benzene rings is 1. The number of amides is 2. The van der Waals surface area contributed by atoms with Gasteiger partial charge in [0, 0.05) is 38.4 Å². The van der Waals surface area contributed by atoms with Gasteiger partial charge in [0.1, 0.15) is 0 Å². The van der Waals surface area contributed by atoms with Crippen molar-refractivity contribution in [1.82, 2.24) is 15.5 Å². The molecule has 1 aromatic rings. The minimum Gasteiger partial charge on any atom is -0.369 e. The van der Waals surface area contributed by atoms with Gasteiger partial charge in [-0.2, -0.15) is 0 Å². The van der Waals surface area contributed by atoms with E-state index in [0.29, 0.717) is 6.54 Å². The number of hydrogen-bond donors (Lipinski definition) is 3. The number of nitrogens with two attached hydrogens (primary N) is 1. The molecule has 0 saturated carbocycles. The van der Waals surface area contributed by atoms with Crippen LogP contribution < -0.4 is 21.3 Å². The zero-order valence-electron chi connectivity index (χ0n) is 16.0. The van der Waals surface area contributed by atoms with Gasteiger partial charge in [-0.05, 0) is 31.5 Å². The van der Waals surface area contributed by atoms with E-state index in [0.717, 1.165) is 45.6 Å². The average molecular weight is 457 g/mol. The first-order chi connectivity index (χ1) is 12.2. The maximum Gasteiger partial charge on any atom is 0.239 e. The largest absolute Gasteiger partial charge is 0.369 e. The summed E-state index contributed by atoms with van der Waals surface area (Å²) in [5.41, 5.74) is 6.46. The lowest BCUT2D eigenvalue weighted by Crippen LogP contribution is -2.46. The van der Waals surface area contributed by atoms with Crippen LogP contribution in [0.1, 0.15) is 12.8 Å². The summed E-state index contributed by atoms with van der Waals surface area (Å²) in [4.78, 5) is 27.4. The van der Waals surface area contributed by atoms with Crippen LogP contribution in [0.15, 0.2) is 30.3 Å². The molecule has 1 heterocycles. The molecular weight excluding hydrogens is 425 g/mol. The van der Waals surface area contributed by atoms with Crippen molar-refractivity contribution in [3.05, 3.63) is 30.3 Å². The second-order valence-electron chi connectivity index (χ2n) is 6.20. The molecule has 1 fully saturated rings. The number of halogens is 3. The van der Waals surface area contributed by atoms with Crippen LogP contribution in [-0.4, -0.2) is 69.1 Å². The highest BCUT2D eigenvalue weighted by atomic mass is 35.5. The number of unbranched alkanes of at least 4 members (excludes halogenated alkanes) is 1. The Kier molecular flexibility index (Phi) is 17.3. The molecule has 4 N–H and O–H groups in total. The molecule has 0 spiro atoms. The van der Waals surface area contributed by atoms with Gasteiger partial charge in [0.2, 0.25) is 11.8 Å². The van der Waals surface area contributed by atoms with E-state index >= 15 is 0 Å². The third-order valence-electron chi connectivity index (χ3n) is 4.35. The van der Waals surface area contributed by atoms with E-state index in [4.69, 9.17) is 5.73 Å². The fraction of sp³-hybridized carbons (Fsp3) is 0.556. The van der Waals surface area contributed by atoms with E-state index in [1.54, 1.807) is 0 Å². The Labute approximate surface area is 186 Å². The molecule has 1 aliphatic heterocycles. The van der Waals surface area contributed by atoms with Crippen LogP contribution in [0, 0.1) is 0 Å². The van der Waals surface area contributed by atoms with Crippen LogP contribution in [0.25, 0.3) is 0 Å². The molecule has 1 aliphatic rings. The van der Waals surface area contributed by atoms with Gasteiger partial charge in [-0.3, -0.25) is 14.5 Å². The van der Waals surface area contributed by atoms with Gasteiger partial charge in [-0.15, -0.1) is 37.2 Å². The summed E-state index contributed by atoms with van der Waals surface area (Å²) in [6.45, 7) is 5.87. The van der Waals surface area contributed by atoms with Crippen molar-refractivity contribution < 1.29 is 9.59 Å². The molecule has 1 aromatic carbocycles. The van der Waals surface area contributed by atoms with Crippen molar-refractivity contribution in [2.24, 2.45) is 5.73 Å².